The van der Waals surface area contributed by atoms with Gasteiger partial charge in [-0.05, 0) is 43.5 Å². The zero-order valence-corrected chi connectivity index (χ0v) is 16.8. The van der Waals surface area contributed by atoms with Gasteiger partial charge in [-0.25, -0.2) is 4.79 Å². The molecule has 146 valence electrons. The van der Waals surface area contributed by atoms with Crippen LogP contribution in [0.1, 0.15) is 19.8 Å². The number of nitrogen functional groups attached to an aromatic ring is 1. The maximum absolute atomic E-state index is 12.9. The fraction of sp³-hybridized carbons (Fsp3) is 0.389. The monoisotopic (exact) mass is 438 g/mol. The Bertz CT molecular complexity index is 768. The van der Waals surface area contributed by atoms with E-state index in [0.29, 0.717) is 36.3 Å². The molecular formula is C18H23BrN4O4. The first-order chi connectivity index (χ1) is 12.7. The molecule has 0 aromatic heterocycles. The van der Waals surface area contributed by atoms with Crippen molar-refractivity contribution in [1.29, 1.82) is 0 Å². The van der Waals surface area contributed by atoms with Crippen molar-refractivity contribution in [1.82, 2.24) is 10.2 Å². The summed E-state index contributed by atoms with van der Waals surface area (Å²) in [4.78, 5) is 38.6. The Kier molecular flexibility index (Phi) is 6.84. The SMILES string of the molecule is C=C(C)[C@@H](NC(=O)OC)C(=O)N1CCC[C@H]1C(=O)Nc1ccc(Br)cc1N. The lowest BCUT2D eigenvalue weighted by molar-refractivity contribution is -0.137. The summed E-state index contributed by atoms with van der Waals surface area (Å²) in [7, 11) is 1.21. The van der Waals surface area contributed by atoms with E-state index >= 15 is 0 Å². The molecule has 0 unspecified atom stereocenters. The number of likely N-dealkylation sites (tertiary alicyclic amines) is 1. The number of halogens is 1. The summed E-state index contributed by atoms with van der Waals surface area (Å²) in [6, 6.07) is 3.53. The van der Waals surface area contributed by atoms with E-state index in [1.165, 1.54) is 12.0 Å². The van der Waals surface area contributed by atoms with Gasteiger partial charge in [-0.3, -0.25) is 9.59 Å². The van der Waals surface area contributed by atoms with Crippen LogP contribution >= 0.6 is 15.9 Å². The molecule has 1 aliphatic heterocycles. The number of anilines is 2. The van der Waals surface area contributed by atoms with Gasteiger partial charge >= 0.3 is 6.09 Å². The van der Waals surface area contributed by atoms with Crippen LogP contribution in [0.5, 0.6) is 0 Å². The molecular weight excluding hydrogens is 416 g/mol. The zero-order chi connectivity index (χ0) is 20.1. The van der Waals surface area contributed by atoms with Crippen LogP contribution in [0.3, 0.4) is 0 Å². The second-order valence-corrected chi connectivity index (χ2v) is 7.24. The Labute approximate surface area is 166 Å². The van der Waals surface area contributed by atoms with Gasteiger partial charge in [-0.2, -0.15) is 0 Å². The third-order valence-electron chi connectivity index (χ3n) is 4.30. The first-order valence-electron chi connectivity index (χ1n) is 8.40. The molecule has 0 radical (unpaired) electrons. The molecule has 1 aliphatic rings. The van der Waals surface area contributed by atoms with Crippen LogP contribution in [0.4, 0.5) is 16.2 Å². The van der Waals surface area contributed by atoms with Crippen molar-refractivity contribution in [3.63, 3.8) is 0 Å². The minimum atomic E-state index is -0.955. The largest absolute Gasteiger partial charge is 0.453 e. The molecule has 0 saturated carbocycles. The van der Waals surface area contributed by atoms with Crippen molar-refractivity contribution in [3.8, 4) is 0 Å². The number of nitrogens with two attached hydrogens (primary N) is 1. The minimum Gasteiger partial charge on any atom is -0.453 e. The molecule has 9 heteroatoms. The molecule has 8 nitrogen and oxygen atoms in total. The molecule has 3 amide bonds. The van der Waals surface area contributed by atoms with Gasteiger partial charge in [0.2, 0.25) is 11.8 Å². The molecule has 0 spiro atoms. The lowest BCUT2D eigenvalue weighted by Crippen LogP contribution is -2.52. The average molecular weight is 439 g/mol. The quantitative estimate of drug-likeness (QED) is 0.481. The number of nitrogens with one attached hydrogen (secondary N) is 2. The molecule has 2 rings (SSSR count). The number of hydrogen-bond acceptors (Lipinski definition) is 5. The van der Waals surface area contributed by atoms with Crippen molar-refractivity contribution in [2.45, 2.75) is 31.8 Å². The Morgan fingerprint density at radius 1 is 1.41 bits per heavy atom. The summed E-state index contributed by atoms with van der Waals surface area (Å²) in [5.41, 5.74) is 7.27. The normalized spacial score (nSPS) is 17.1. The summed E-state index contributed by atoms with van der Waals surface area (Å²) in [6.45, 7) is 5.80. The average Bonchev–Trinajstić information content (AvgIpc) is 3.10. The van der Waals surface area contributed by atoms with E-state index in [2.05, 4.69) is 37.9 Å². The fourth-order valence-electron chi connectivity index (χ4n) is 2.90. The molecule has 0 bridgehead atoms. The summed E-state index contributed by atoms with van der Waals surface area (Å²) in [5, 5.41) is 5.23. The van der Waals surface area contributed by atoms with Gasteiger partial charge in [-0.15, -0.1) is 0 Å². The predicted octanol–water partition coefficient (Wildman–Crippen LogP) is 2.26. The Morgan fingerprint density at radius 2 is 2.11 bits per heavy atom. The minimum absolute atomic E-state index is 0.326. The van der Waals surface area contributed by atoms with Crippen LogP contribution in [0.2, 0.25) is 0 Å². The second kappa shape index (κ2) is 8.90. The summed E-state index contributed by atoms with van der Waals surface area (Å²) in [6.07, 6.45) is 0.467. The predicted molar refractivity (Wildman–Crippen MR) is 106 cm³/mol. The smallest absolute Gasteiger partial charge is 0.407 e. The summed E-state index contributed by atoms with van der Waals surface area (Å²) < 4.78 is 5.36. The van der Waals surface area contributed by atoms with Crippen molar-refractivity contribution < 1.29 is 19.1 Å². The van der Waals surface area contributed by atoms with Crippen LogP contribution < -0.4 is 16.4 Å². The van der Waals surface area contributed by atoms with Crippen LogP contribution in [0.15, 0.2) is 34.8 Å². The van der Waals surface area contributed by atoms with Crippen molar-refractivity contribution in [3.05, 3.63) is 34.8 Å². The van der Waals surface area contributed by atoms with E-state index in [1.54, 1.807) is 25.1 Å². The van der Waals surface area contributed by atoms with Gasteiger partial charge in [0.05, 0.1) is 18.5 Å². The second-order valence-electron chi connectivity index (χ2n) is 6.33. The first-order valence-corrected chi connectivity index (χ1v) is 9.20. The van der Waals surface area contributed by atoms with Gasteiger partial charge in [0.25, 0.3) is 0 Å². The number of nitrogens with zero attached hydrogens (tertiary/aromatic N) is 1. The number of benzene rings is 1. The number of carbonyl (C=O) groups is 3. The highest BCUT2D eigenvalue weighted by Crippen LogP contribution is 2.26. The van der Waals surface area contributed by atoms with Crippen molar-refractivity contribution in [2.24, 2.45) is 0 Å². The fourth-order valence-corrected chi connectivity index (χ4v) is 3.28. The summed E-state index contributed by atoms with van der Waals surface area (Å²) >= 11 is 3.31. The number of carbonyl (C=O) groups excluding carboxylic acids is 3. The highest BCUT2D eigenvalue weighted by Gasteiger charge is 2.38. The third-order valence-corrected chi connectivity index (χ3v) is 4.79. The molecule has 27 heavy (non-hydrogen) atoms. The van der Waals surface area contributed by atoms with Crippen LogP contribution in [0.25, 0.3) is 0 Å². The standard InChI is InChI=1S/C18H23BrN4O4/c1-10(2)15(22-18(26)27-3)17(25)23-8-4-5-14(23)16(24)21-13-7-6-11(19)9-12(13)20/h6-7,9,14-15H,1,4-5,8,20H2,2-3H3,(H,21,24)(H,22,26)/t14-,15+/m0/s1. The number of methoxy groups -OCH3 is 1. The molecule has 1 heterocycles. The lowest BCUT2D eigenvalue weighted by Gasteiger charge is -2.28. The zero-order valence-electron chi connectivity index (χ0n) is 15.3. The lowest BCUT2D eigenvalue weighted by atomic mass is 10.1. The van der Waals surface area contributed by atoms with Gasteiger partial charge in [0.1, 0.15) is 12.1 Å². The number of hydrogen-bond donors (Lipinski definition) is 3. The molecule has 1 aromatic carbocycles. The molecule has 1 fully saturated rings. The number of alkyl carbamates (subject to hydrolysis) is 1. The van der Waals surface area contributed by atoms with E-state index in [1.807, 2.05) is 0 Å². The van der Waals surface area contributed by atoms with Crippen LogP contribution in [-0.4, -0.2) is 48.5 Å². The Morgan fingerprint density at radius 3 is 2.70 bits per heavy atom. The van der Waals surface area contributed by atoms with E-state index in [9.17, 15) is 14.4 Å². The number of ether oxygens (including phenoxy) is 1. The van der Waals surface area contributed by atoms with Gasteiger partial charge in [0.15, 0.2) is 0 Å². The van der Waals surface area contributed by atoms with E-state index in [-0.39, 0.29) is 5.91 Å². The highest BCUT2D eigenvalue weighted by molar-refractivity contribution is 9.10. The third kappa shape index (κ3) is 5.00. The molecule has 1 aromatic rings. The topological polar surface area (TPSA) is 114 Å². The van der Waals surface area contributed by atoms with Gasteiger partial charge < -0.3 is 26.0 Å². The maximum Gasteiger partial charge on any atom is 0.407 e. The van der Waals surface area contributed by atoms with E-state index in [0.717, 1.165) is 4.47 Å². The molecule has 2 atom stereocenters. The Hall–Kier alpha value is -2.55. The number of amides is 3. The van der Waals surface area contributed by atoms with Crippen molar-refractivity contribution in [2.75, 3.05) is 24.7 Å². The Balaban J connectivity index is 2.14. The molecule has 1 saturated heterocycles. The molecule has 0 aliphatic carbocycles. The number of rotatable bonds is 5. The summed E-state index contributed by atoms with van der Waals surface area (Å²) in [5.74, 6) is -0.720. The van der Waals surface area contributed by atoms with Gasteiger partial charge in [0, 0.05) is 11.0 Å². The van der Waals surface area contributed by atoms with Gasteiger partial charge in [-0.1, -0.05) is 22.5 Å². The maximum atomic E-state index is 12.9. The first kappa shape index (κ1) is 20.8. The van der Waals surface area contributed by atoms with E-state index < -0.39 is 24.1 Å². The molecule has 4 N–H and O–H groups in total. The van der Waals surface area contributed by atoms with E-state index in [4.69, 9.17) is 5.73 Å². The van der Waals surface area contributed by atoms with Crippen molar-refractivity contribution >= 4 is 45.2 Å². The van der Waals surface area contributed by atoms with Crippen LogP contribution in [-0.2, 0) is 14.3 Å². The highest BCUT2D eigenvalue weighted by atomic mass is 79.9. The van der Waals surface area contributed by atoms with Crippen LogP contribution in [0, 0.1) is 0 Å².